The third-order valence-corrected chi connectivity index (χ3v) is 7.60. The van der Waals surface area contributed by atoms with Crippen LogP contribution in [0.5, 0.6) is 11.5 Å². The Labute approximate surface area is 233 Å². The van der Waals surface area contributed by atoms with Gasteiger partial charge in [0.2, 0.25) is 28.6 Å². The van der Waals surface area contributed by atoms with Crippen LogP contribution in [0.4, 0.5) is 5.69 Å². The fourth-order valence-corrected chi connectivity index (χ4v) is 5.25. The first kappa shape index (κ1) is 28.3. The number of nitrogens with one attached hydrogen (secondary N) is 1. The van der Waals surface area contributed by atoms with Crippen molar-refractivity contribution in [2.24, 2.45) is 0 Å². The first-order valence-electron chi connectivity index (χ1n) is 12.4. The second-order valence-electron chi connectivity index (χ2n) is 9.06. The Balaban J connectivity index is 1.71. The molecule has 4 rings (SSSR count). The highest BCUT2D eigenvalue weighted by molar-refractivity contribution is 7.92. The minimum absolute atomic E-state index is 0.0270. The summed E-state index contributed by atoms with van der Waals surface area (Å²) in [6, 6.07) is 20.1. The van der Waals surface area contributed by atoms with Gasteiger partial charge in [-0.3, -0.25) is 13.9 Å². The van der Waals surface area contributed by atoms with Crippen LogP contribution in [0.25, 0.3) is 0 Å². The summed E-state index contributed by atoms with van der Waals surface area (Å²) in [4.78, 5) is 28.7. The second kappa shape index (κ2) is 12.4. The van der Waals surface area contributed by atoms with Crippen molar-refractivity contribution in [1.29, 1.82) is 0 Å². The number of hydrogen-bond acceptors (Lipinski definition) is 6. The molecule has 1 aliphatic heterocycles. The number of nitrogens with zero attached hydrogens (tertiary/aromatic N) is 2. The fourth-order valence-electron chi connectivity index (χ4n) is 4.29. The zero-order valence-electron chi connectivity index (χ0n) is 21.7. The summed E-state index contributed by atoms with van der Waals surface area (Å²) in [5.41, 5.74) is 1.85. The van der Waals surface area contributed by atoms with Crippen molar-refractivity contribution in [1.82, 2.24) is 10.2 Å². The van der Waals surface area contributed by atoms with E-state index in [-0.39, 0.29) is 31.4 Å². The zero-order valence-corrected chi connectivity index (χ0v) is 23.2. The predicted molar refractivity (Wildman–Crippen MR) is 149 cm³/mol. The maximum atomic E-state index is 14.0. The van der Waals surface area contributed by atoms with Gasteiger partial charge >= 0.3 is 0 Å². The van der Waals surface area contributed by atoms with Crippen LogP contribution in [-0.4, -0.2) is 57.3 Å². The molecule has 1 aliphatic rings. The van der Waals surface area contributed by atoms with E-state index in [4.69, 9.17) is 21.1 Å². The summed E-state index contributed by atoms with van der Waals surface area (Å²) in [5, 5.41) is 3.36. The minimum Gasteiger partial charge on any atom is -0.454 e. The summed E-state index contributed by atoms with van der Waals surface area (Å²) in [7, 11) is -3.89. The standard InChI is InChI=1S/C28H30ClN3O6S/c1-3-30-28(34)24(15-20-7-5-4-6-8-20)31(17-21-9-11-22(29)12-10-21)27(33)18-32(39(2,35)36)23-13-14-25-26(16-23)38-19-37-25/h4-14,16,24H,3,15,17-19H2,1-2H3,(H,30,34)/t24-/m1/s1. The van der Waals surface area contributed by atoms with Gasteiger partial charge < -0.3 is 19.7 Å². The Bertz CT molecular complexity index is 1420. The van der Waals surface area contributed by atoms with Crippen molar-refractivity contribution in [3.63, 3.8) is 0 Å². The molecule has 39 heavy (non-hydrogen) atoms. The zero-order chi connectivity index (χ0) is 28.0. The molecule has 206 valence electrons. The van der Waals surface area contributed by atoms with E-state index < -0.39 is 28.5 Å². The Hall–Kier alpha value is -3.76. The molecule has 1 atom stereocenters. The molecule has 0 unspecified atom stereocenters. The van der Waals surface area contributed by atoms with E-state index in [1.54, 1.807) is 43.3 Å². The molecule has 0 fully saturated rings. The molecular weight excluding hydrogens is 542 g/mol. The summed E-state index contributed by atoms with van der Waals surface area (Å²) in [5.74, 6) is -0.00386. The minimum atomic E-state index is -3.89. The Kier molecular flexibility index (Phi) is 8.98. The number of fused-ring (bicyclic) bond motifs is 1. The molecule has 0 saturated carbocycles. The van der Waals surface area contributed by atoms with Gasteiger partial charge in [-0.2, -0.15) is 0 Å². The third kappa shape index (κ3) is 7.21. The second-order valence-corrected chi connectivity index (χ2v) is 11.4. The first-order chi connectivity index (χ1) is 18.7. The molecule has 1 heterocycles. The number of sulfonamides is 1. The van der Waals surface area contributed by atoms with Gasteiger partial charge in [0, 0.05) is 30.6 Å². The topological polar surface area (TPSA) is 105 Å². The highest BCUT2D eigenvalue weighted by Crippen LogP contribution is 2.36. The van der Waals surface area contributed by atoms with Gasteiger partial charge in [-0.05, 0) is 42.3 Å². The van der Waals surface area contributed by atoms with Crippen LogP contribution < -0.4 is 19.1 Å². The fraction of sp³-hybridized carbons (Fsp3) is 0.286. The molecule has 0 aliphatic carbocycles. The SMILES string of the molecule is CCNC(=O)[C@@H](Cc1ccccc1)N(Cc1ccc(Cl)cc1)C(=O)CN(c1ccc2c(c1)OCO2)S(C)(=O)=O. The average molecular weight is 572 g/mol. The molecule has 0 saturated heterocycles. The van der Waals surface area contributed by atoms with Crippen LogP contribution in [0, 0.1) is 0 Å². The van der Waals surface area contributed by atoms with E-state index in [1.807, 2.05) is 30.3 Å². The number of hydrogen-bond donors (Lipinski definition) is 1. The normalized spacial score (nSPS) is 13.0. The third-order valence-electron chi connectivity index (χ3n) is 6.21. The Morgan fingerprint density at radius 2 is 1.67 bits per heavy atom. The van der Waals surface area contributed by atoms with Crippen molar-refractivity contribution in [3.05, 3.63) is 88.9 Å². The van der Waals surface area contributed by atoms with Crippen LogP contribution in [-0.2, 0) is 32.6 Å². The van der Waals surface area contributed by atoms with Gasteiger partial charge in [-0.1, -0.05) is 54.1 Å². The molecule has 0 radical (unpaired) electrons. The lowest BCUT2D eigenvalue weighted by Crippen LogP contribution is -2.53. The van der Waals surface area contributed by atoms with Gasteiger partial charge in [-0.25, -0.2) is 8.42 Å². The van der Waals surface area contributed by atoms with Gasteiger partial charge in [0.15, 0.2) is 11.5 Å². The van der Waals surface area contributed by atoms with Crippen molar-refractivity contribution in [2.45, 2.75) is 25.9 Å². The largest absolute Gasteiger partial charge is 0.454 e. The summed E-state index contributed by atoms with van der Waals surface area (Å²) < 4.78 is 37.5. The lowest BCUT2D eigenvalue weighted by molar-refractivity contribution is -0.140. The number of halogens is 1. The molecule has 3 aromatic rings. The van der Waals surface area contributed by atoms with Crippen LogP contribution in [0.15, 0.2) is 72.8 Å². The van der Waals surface area contributed by atoms with Gasteiger partial charge in [0.25, 0.3) is 0 Å². The van der Waals surface area contributed by atoms with E-state index in [0.717, 1.165) is 21.7 Å². The smallest absolute Gasteiger partial charge is 0.244 e. The number of anilines is 1. The van der Waals surface area contributed by atoms with E-state index in [0.29, 0.717) is 23.1 Å². The highest BCUT2D eigenvalue weighted by atomic mass is 35.5. The lowest BCUT2D eigenvalue weighted by Gasteiger charge is -2.33. The van der Waals surface area contributed by atoms with E-state index >= 15 is 0 Å². The first-order valence-corrected chi connectivity index (χ1v) is 14.6. The quantitative estimate of drug-likeness (QED) is 0.377. The Morgan fingerprint density at radius 3 is 2.33 bits per heavy atom. The van der Waals surface area contributed by atoms with Gasteiger partial charge in [-0.15, -0.1) is 0 Å². The number of benzene rings is 3. The van der Waals surface area contributed by atoms with Crippen LogP contribution in [0.2, 0.25) is 5.02 Å². The molecule has 3 aromatic carbocycles. The highest BCUT2D eigenvalue weighted by Gasteiger charge is 2.33. The van der Waals surface area contributed by atoms with E-state index in [9.17, 15) is 18.0 Å². The number of likely N-dealkylation sites (N-methyl/N-ethyl adjacent to an activating group) is 1. The molecule has 2 amide bonds. The summed E-state index contributed by atoms with van der Waals surface area (Å²) in [6.07, 6.45) is 1.27. The van der Waals surface area contributed by atoms with Gasteiger partial charge in [0.05, 0.1) is 11.9 Å². The molecule has 0 bridgehead atoms. The monoisotopic (exact) mass is 571 g/mol. The summed E-state index contributed by atoms with van der Waals surface area (Å²) in [6.45, 7) is 1.76. The van der Waals surface area contributed by atoms with E-state index in [1.165, 1.54) is 11.0 Å². The maximum Gasteiger partial charge on any atom is 0.244 e. The molecule has 11 heteroatoms. The van der Waals surface area contributed by atoms with Crippen LogP contribution >= 0.6 is 11.6 Å². The molecule has 1 N–H and O–H groups in total. The number of ether oxygens (including phenoxy) is 2. The molecular formula is C28H30ClN3O6S. The van der Waals surface area contributed by atoms with E-state index in [2.05, 4.69) is 5.32 Å². The number of rotatable bonds is 11. The summed E-state index contributed by atoms with van der Waals surface area (Å²) >= 11 is 6.06. The average Bonchev–Trinajstić information content (AvgIpc) is 3.38. The molecule has 0 aromatic heterocycles. The predicted octanol–water partition coefficient (Wildman–Crippen LogP) is 3.61. The van der Waals surface area contributed by atoms with Gasteiger partial charge in [0.1, 0.15) is 12.6 Å². The molecule has 9 nitrogen and oxygen atoms in total. The number of amides is 2. The van der Waals surface area contributed by atoms with Crippen LogP contribution in [0.3, 0.4) is 0 Å². The lowest BCUT2D eigenvalue weighted by atomic mass is 10.0. The number of carbonyl (C=O) groups excluding carboxylic acids is 2. The number of carbonyl (C=O) groups is 2. The maximum absolute atomic E-state index is 14.0. The van der Waals surface area contributed by atoms with Crippen molar-refractivity contribution < 1.29 is 27.5 Å². The van der Waals surface area contributed by atoms with Crippen molar-refractivity contribution in [2.75, 3.05) is 30.4 Å². The Morgan fingerprint density at radius 1 is 0.974 bits per heavy atom. The van der Waals surface area contributed by atoms with Crippen molar-refractivity contribution in [3.8, 4) is 11.5 Å². The van der Waals surface area contributed by atoms with Crippen LogP contribution in [0.1, 0.15) is 18.1 Å². The molecule has 0 spiro atoms. The van der Waals surface area contributed by atoms with Crippen molar-refractivity contribution >= 4 is 39.1 Å².